The van der Waals surface area contributed by atoms with E-state index in [2.05, 4.69) is 50.1 Å². The van der Waals surface area contributed by atoms with Gasteiger partial charge in [-0.3, -0.25) is 4.98 Å². The van der Waals surface area contributed by atoms with Crippen LogP contribution in [-0.2, 0) is 0 Å². The van der Waals surface area contributed by atoms with Crippen molar-refractivity contribution in [3.63, 3.8) is 0 Å². The van der Waals surface area contributed by atoms with Gasteiger partial charge in [0.25, 0.3) is 0 Å². The Balaban J connectivity index is 2.18. The molecule has 0 unspecified atom stereocenters. The summed E-state index contributed by atoms with van der Waals surface area (Å²) < 4.78 is 0. The van der Waals surface area contributed by atoms with E-state index < -0.39 is 6.10 Å². The molecule has 0 spiro atoms. The summed E-state index contributed by atoms with van der Waals surface area (Å²) in [5, 5.41) is 13.6. The fourth-order valence-electron chi connectivity index (χ4n) is 2.11. The molecule has 1 heterocycles. The first-order valence-electron chi connectivity index (χ1n) is 7.32. The van der Waals surface area contributed by atoms with E-state index in [9.17, 15) is 5.11 Å². The van der Waals surface area contributed by atoms with Crippen molar-refractivity contribution in [2.45, 2.75) is 39.3 Å². The Kier molecular flexibility index (Phi) is 4.76. The minimum atomic E-state index is -0.603. The van der Waals surface area contributed by atoms with E-state index in [1.54, 1.807) is 0 Å². The highest BCUT2D eigenvalue weighted by molar-refractivity contribution is 5.60. The maximum absolute atomic E-state index is 10.3. The lowest BCUT2D eigenvalue weighted by Crippen LogP contribution is -2.38. The van der Waals surface area contributed by atoms with Gasteiger partial charge in [0.15, 0.2) is 0 Å². The number of β-amino-alcohol motifs (C(OH)–C–C–N with tert-alkyl or cyclic N) is 1. The number of aryl methyl sites for hydroxylation is 1. The van der Waals surface area contributed by atoms with Gasteiger partial charge < -0.3 is 10.4 Å². The molecular formula is C18H24N2O. The number of nitrogens with one attached hydrogen (secondary N) is 1. The zero-order valence-corrected chi connectivity index (χ0v) is 13.2. The molecule has 0 saturated carbocycles. The molecule has 0 aliphatic heterocycles. The molecule has 3 heteroatoms. The highest BCUT2D eigenvalue weighted by atomic mass is 16.3. The number of rotatable bonds is 4. The van der Waals surface area contributed by atoms with E-state index in [0.29, 0.717) is 12.2 Å². The first-order chi connectivity index (χ1) is 9.85. The van der Waals surface area contributed by atoms with Crippen LogP contribution in [0.3, 0.4) is 0 Å². The van der Waals surface area contributed by atoms with Crippen LogP contribution in [0.4, 0.5) is 0 Å². The van der Waals surface area contributed by atoms with E-state index >= 15 is 0 Å². The van der Waals surface area contributed by atoms with Gasteiger partial charge in [0.2, 0.25) is 0 Å². The van der Waals surface area contributed by atoms with Crippen LogP contribution in [0.2, 0.25) is 0 Å². The second-order valence-corrected chi connectivity index (χ2v) is 6.46. The fraction of sp³-hybridized carbons (Fsp3) is 0.389. The van der Waals surface area contributed by atoms with Crippen LogP contribution in [-0.4, -0.2) is 22.2 Å². The molecule has 1 atom stereocenters. The number of nitrogens with zero attached hydrogens (tertiary/aromatic N) is 1. The van der Waals surface area contributed by atoms with Crippen molar-refractivity contribution >= 4 is 0 Å². The van der Waals surface area contributed by atoms with Crippen LogP contribution in [0, 0.1) is 6.92 Å². The van der Waals surface area contributed by atoms with Crippen molar-refractivity contribution in [1.82, 2.24) is 10.3 Å². The quantitative estimate of drug-likeness (QED) is 0.903. The van der Waals surface area contributed by atoms with Crippen LogP contribution in [0.1, 0.15) is 38.1 Å². The summed E-state index contributed by atoms with van der Waals surface area (Å²) in [6, 6.07) is 14.0. The van der Waals surface area contributed by atoms with Crippen molar-refractivity contribution in [3.05, 3.63) is 53.7 Å². The van der Waals surface area contributed by atoms with Gasteiger partial charge in [-0.2, -0.15) is 0 Å². The lowest BCUT2D eigenvalue weighted by molar-refractivity contribution is 0.159. The monoisotopic (exact) mass is 284 g/mol. The Morgan fingerprint density at radius 1 is 1.14 bits per heavy atom. The zero-order valence-electron chi connectivity index (χ0n) is 13.2. The van der Waals surface area contributed by atoms with Crippen molar-refractivity contribution in [2.24, 2.45) is 0 Å². The molecule has 1 aromatic carbocycles. The molecule has 2 rings (SSSR count). The maximum atomic E-state index is 10.3. The van der Waals surface area contributed by atoms with Crippen LogP contribution < -0.4 is 5.32 Å². The van der Waals surface area contributed by atoms with E-state index in [1.165, 1.54) is 5.56 Å². The molecule has 21 heavy (non-hydrogen) atoms. The lowest BCUT2D eigenvalue weighted by Gasteiger charge is -2.22. The summed E-state index contributed by atoms with van der Waals surface area (Å²) >= 11 is 0. The van der Waals surface area contributed by atoms with Crippen LogP contribution in [0.5, 0.6) is 0 Å². The smallest absolute Gasteiger partial charge is 0.108 e. The third-order valence-corrected chi connectivity index (χ3v) is 3.25. The predicted molar refractivity (Wildman–Crippen MR) is 87.1 cm³/mol. The highest BCUT2D eigenvalue weighted by Crippen LogP contribution is 2.20. The zero-order chi connectivity index (χ0) is 15.5. The Bertz CT molecular complexity index is 602. The normalized spacial score (nSPS) is 13.2. The van der Waals surface area contributed by atoms with Crippen molar-refractivity contribution < 1.29 is 5.11 Å². The average molecular weight is 284 g/mol. The molecule has 112 valence electrons. The summed E-state index contributed by atoms with van der Waals surface area (Å²) in [7, 11) is 0. The first-order valence-corrected chi connectivity index (χ1v) is 7.32. The van der Waals surface area contributed by atoms with Gasteiger partial charge >= 0.3 is 0 Å². The van der Waals surface area contributed by atoms with Gasteiger partial charge in [0, 0.05) is 17.6 Å². The maximum Gasteiger partial charge on any atom is 0.108 e. The molecule has 0 bridgehead atoms. The molecule has 0 saturated heterocycles. The number of hydrogen-bond acceptors (Lipinski definition) is 3. The number of benzene rings is 1. The van der Waals surface area contributed by atoms with Crippen molar-refractivity contribution in [3.8, 4) is 11.3 Å². The van der Waals surface area contributed by atoms with Crippen molar-refractivity contribution in [2.75, 3.05) is 6.54 Å². The minimum Gasteiger partial charge on any atom is -0.385 e. The van der Waals surface area contributed by atoms with Gasteiger partial charge in [-0.15, -0.1) is 0 Å². The Morgan fingerprint density at radius 3 is 2.52 bits per heavy atom. The van der Waals surface area contributed by atoms with E-state index in [-0.39, 0.29) is 5.54 Å². The standard InChI is InChI=1S/C18H24N2O/c1-13-7-5-8-14(11-13)15-9-6-10-16(20-15)17(21)12-19-18(2,3)4/h5-11,17,19,21H,12H2,1-4H3/t17-/m0/s1. The molecule has 0 radical (unpaired) electrons. The molecule has 1 aromatic heterocycles. The van der Waals surface area contributed by atoms with E-state index in [0.717, 1.165) is 11.3 Å². The number of hydrogen-bond donors (Lipinski definition) is 2. The Hall–Kier alpha value is -1.71. The SMILES string of the molecule is Cc1cccc(-c2cccc([C@@H](O)CNC(C)(C)C)n2)c1. The summed E-state index contributed by atoms with van der Waals surface area (Å²) in [6.07, 6.45) is -0.603. The summed E-state index contributed by atoms with van der Waals surface area (Å²) in [4.78, 5) is 4.59. The van der Waals surface area contributed by atoms with Crippen LogP contribution in [0.25, 0.3) is 11.3 Å². The minimum absolute atomic E-state index is 0.0187. The summed E-state index contributed by atoms with van der Waals surface area (Å²) in [6.45, 7) is 8.80. The molecular weight excluding hydrogens is 260 g/mol. The Morgan fingerprint density at radius 2 is 1.86 bits per heavy atom. The van der Waals surface area contributed by atoms with Crippen LogP contribution >= 0.6 is 0 Å². The Labute approximate surface area is 127 Å². The summed E-state index contributed by atoms with van der Waals surface area (Å²) in [5.41, 5.74) is 3.86. The van der Waals surface area contributed by atoms with Crippen LogP contribution in [0.15, 0.2) is 42.5 Å². The molecule has 3 nitrogen and oxygen atoms in total. The first kappa shape index (κ1) is 15.7. The van der Waals surface area contributed by atoms with E-state index in [4.69, 9.17) is 0 Å². The second-order valence-electron chi connectivity index (χ2n) is 6.46. The average Bonchev–Trinajstić information content (AvgIpc) is 2.44. The predicted octanol–water partition coefficient (Wildman–Crippen LogP) is 3.48. The molecule has 0 aliphatic rings. The number of aliphatic hydroxyl groups excluding tert-OH is 1. The third kappa shape index (κ3) is 4.66. The molecule has 0 aliphatic carbocycles. The second kappa shape index (κ2) is 6.37. The molecule has 2 N–H and O–H groups in total. The lowest BCUT2D eigenvalue weighted by atomic mass is 10.1. The summed E-state index contributed by atoms with van der Waals surface area (Å²) in [5.74, 6) is 0. The molecule has 2 aromatic rings. The van der Waals surface area contributed by atoms with Gasteiger partial charge in [-0.1, -0.05) is 29.8 Å². The topological polar surface area (TPSA) is 45.1 Å². The number of aliphatic hydroxyl groups is 1. The fourth-order valence-corrected chi connectivity index (χ4v) is 2.11. The largest absolute Gasteiger partial charge is 0.385 e. The van der Waals surface area contributed by atoms with Crippen molar-refractivity contribution in [1.29, 1.82) is 0 Å². The van der Waals surface area contributed by atoms with Gasteiger partial charge in [-0.05, 0) is 45.9 Å². The van der Waals surface area contributed by atoms with Gasteiger partial charge in [-0.25, -0.2) is 0 Å². The third-order valence-electron chi connectivity index (χ3n) is 3.25. The number of pyridine rings is 1. The molecule has 0 amide bonds. The van der Waals surface area contributed by atoms with Gasteiger partial charge in [0.05, 0.1) is 11.4 Å². The molecule has 0 fully saturated rings. The van der Waals surface area contributed by atoms with E-state index in [1.807, 2.05) is 30.3 Å². The highest BCUT2D eigenvalue weighted by Gasteiger charge is 2.15. The van der Waals surface area contributed by atoms with Gasteiger partial charge in [0.1, 0.15) is 6.10 Å². The number of aromatic nitrogens is 1.